The zero-order valence-electron chi connectivity index (χ0n) is 15.6. The van der Waals surface area contributed by atoms with Gasteiger partial charge >= 0.3 is 0 Å². The fourth-order valence-electron chi connectivity index (χ4n) is 3.91. The van der Waals surface area contributed by atoms with Crippen molar-refractivity contribution in [2.75, 3.05) is 5.32 Å². The quantitative estimate of drug-likeness (QED) is 0.445. The minimum atomic E-state index is -0.193. The van der Waals surface area contributed by atoms with Crippen molar-refractivity contribution < 1.29 is 4.79 Å². The highest BCUT2D eigenvalue weighted by molar-refractivity contribution is 6.34. The molecule has 0 aliphatic heterocycles. The van der Waals surface area contributed by atoms with Crippen LogP contribution in [0, 0.1) is 13.8 Å². The first kappa shape index (κ1) is 17.6. The zero-order chi connectivity index (χ0) is 19.1. The van der Waals surface area contributed by atoms with E-state index in [0.717, 1.165) is 23.4 Å². The number of anilines is 1. The van der Waals surface area contributed by atoms with Crippen LogP contribution in [0.15, 0.2) is 54.6 Å². The third-order valence-corrected chi connectivity index (χ3v) is 5.50. The molecule has 1 aromatic heterocycles. The van der Waals surface area contributed by atoms with Crippen molar-refractivity contribution in [2.45, 2.75) is 27.3 Å². The molecule has 4 rings (SSSR count). The molecule has 0 bridgehead atoms. The Bertz CT molecular complexity index is 1190. The Labute approximate surface area is 163 Å². The number of rotatable bonds is 3. The van der Waals surface area contributed by atoms with Gasteiger partial charge in [-0.1, -0.05) is 41.9 Å². The highest BCUT2D eigenvalue weighted by Crippen LogP contribution is 2.37. The summed E-state index contributed by atoms with van der Waals surface area (Å²) >= 11 is 6.19. The average Bonchev–Trinajstić information content (AvgIpc) is 3.01. The van der Waals surface area contributed by atoms with E-state index in [-0.39, 0.29) is 5.91 Å². The first-order valence-corrected chi connectivity index (χ1v) is 9.47. The fraction of sp³-hybridized carbons (Fsp3) is 0.174. The number of aromatic nitrogens is 1. The molecule has 0 radical (unpaired) electrons. The van der Waals surface area contributed by atoms with Gasteiger partial charge in [0, 0.05) is 28.5 Å². The minimum absolute atomic E-state index is 0.193. The molecule has 1 N–H and O–H groups in total. The van der Waals surface area contributed by atoms with Crippen molar-refractivity contribution in [3.8, 4) is 0 Å². The van der Waals surface area contributed by atoms with E-state index in [9.17, 15) is 4.79 Å². The van der Waals surface area contributed by atoms with Crippen LogP contribution in [0.25, 0.3) is 21.8 Å². The largest absolute Gasteiger partial charge is 0.341 e. The number of amides is 1. The van der Waals surface area contributed by atoms with Gasteiger partial charge in [-0.25, -0.2) is 0 Å². The van der Waals surface area contributed by atoms with E-state index in [4.69, 9.17) is 11.6 Å². The van der Waals surface area contributed by atoms with E-state index < -0.39 is 0 Å². The average molecular weight is 377 g/mol. The Hall–Kier alpha value is -2.78. The van der Waals surface area contributed by atoms with Crippen LogP contribution in [-0.2, 0) is 6.54 Å². The van der Waals surface area contributed by atoms with E-state index in [2.05, 4.69) is 61.0 Å². The number of nitrogens with zero attached hydrogens (tertiary/aromatic N) is 1. The monoisotopic (exact) mass is 376 g/mol. The molecule has 136 valence electrons. The topological polar surface area (TPSA) is 34.0 Å². The number of para-hydroxylation sites is 1. The zero-order valence-corrected chi connectivity index (χ0v) is 16.4. The van der Waals surface area contributed by atoms with E-state index in [0.29, 0.717) is 10.6 Å². The maximum atomic E-state index is 12.8. The number of aryl methyl sites for hydroxylation is 3. The molecule has 0 spiro atoms. The summed E-state index contributed by atoms with van der Waals surface area (Å²) in [5, 5.41) is 5.92. The standard InChI is InChI=1S/C23H21ClN2O/c1-4-26-20-12-8-6-10-17(20)21-15(3)19(13-14(2)22(21)26)25-23(27)16-9-5-7-11-18(16)24/h5-13H,4H2,1-3H3,(H,25,27). The van der Waals surface area contributed by atoms with Gasteiger partial charge in [-0.2, -0.15) is 0 Å². The lowest BCUT2D eigenvalue weighted by molar-refractivity contribution is 0.102. The second-order valence-electron chi connectivity index (χ2n) is 6.79. The van der Waals surface area contributed by atoms with Gasteiger partial charge in [0.25, 0.3) is 5.91 Å². The van der Waals surface area contributed by atoms with E-state index in [1.807, 2.05) is 12.1 Å². The molecule has 0 unspecified atom stereocenters. The van der Waals surface area contributed by atoms with Gasteiger partial charge in [0.05, 0.1) is 16.1 Å². The van der Waals surface area contributed by atoms with Crippen LogP contribution >= 0.6 is 11.6 Å². The Morgan fingerprint density at radius 2 is 1.78 bits per heavy atom. The van der Waals surface area contributed by atoms with Crippen LogP contribution in [0.3, 0.4) is 0 Å². The van der Waals surface area contributed by atoms with Crippen molar-refractivity contribution in [2.24, 2.45) is 0 Å². The molecule has 27 heavy (non-hydrogen) atoms. The van der Waals surface area contributed by atoms with Crippen molar-refractivity contribution in [3.63, 3.8) is 0 Å². The SMILES string of the molecule is CCn1c2ccccc2c2c(C)c(NC(=O)c3ccccc3Cl)cc(C)c21. The highest BCUT2D eigenvalue weighted by atomic mass is 35.5. The minimum Gasteiger partial charge on any atom is -0.341 e. The van der Waals surface area contributed by atoms with Gasteiger partial charge in [0.1, 0.15) is 0 Å². The summed E-state index contributed by atoms with van der Waals surface area (Å²) in [5.41, 5.74) is 5.96. The van der Waals surface area contributed by atoms with Crippen molar-refractivity contribution in [1.82, 2.24) is 4.57 Å². The molecule has 0 saturated heterocycles. The van der Waals surface area contributed by atoms with Crippen LogP contribution in [0.1, 0.15) is 28.4 Å². The van der Waals surface area contributed by atoms with Crippen LogP contribution < -0.4 is 5.32 Å². The van der Waals surface area contributed by atoms with Crippen molar-refractivity contribution in [3.05, 3.63) is 76.3 Å². The Morgan fingerprint density at radius 3 is 2.52 bits per heavy atom. The third-order valence-electron chi connectivity index (χ3n) is 5.17. The van der Waals surface area contributed by atoms with Crippen LogP contribution in [0.2, 0.25) is 5.02 Å². The molecule has 0 fully saturated rings. The summed E-state index contributed by atoms with van der Waals surface area (Å²) in [6, 6.07) is 17.6. The molecule has 0 aliphatic rings. The molecule has 3 aromatic carbocycles. The molecule has 1 heterocycles. The van der Waals surface area contributed by atoms with Crippen molar-refractivity contribution >= 4 is 45.0 Å². The second-order valence-corrected chi connectivity index (χ2v) is 7.19. The molecular formula is C23H21ClN2O. The van der Waals surface area contributed by atoms with Crippen LogP contribution in [0.4, 0.5) is 5.69 Å². The van der Waals surface area contributed by atoms with Gasteiger partial charge in [-0.15, -0.1) is 0 Å². The summed E-state index contributed by atoms with van der Waals surface area (Å²) < 4.78 is 2.34. The number of hydrogen-bond donors (Lipinski definition) is 1. The smallest absolute Gasteiger partial charge is 0.257 e. The second kappa shape index (κ2) is 6.75. The van der Waals surface area contributed by atoms with E-state index in [1.165, 1.54) is 21.8 Å². The maximum absolute atomic E-state index is 12.8. The van der Waals surface area contributed by atoms with Gasteiger partial charge in [0.15, 0.2) is 0 Å². The molecule has 0 aliphatic carbocycles. The number of carbonyl (C=O) groups is 1. The van der Waals surface area contributed by atoms with E-state index >= 15 is 0 Å². The predicted octanol–water partition coefficient (Wildman–Crippen LogP) is 6.34. The number of carbonyl (C=O) groups excluding carboxylic acids is 1. The van der Waals surface area contributed by atoms with E-state index in [1.54, 1.807) is 12.1 Å². The number of benzene rings is 3. The first-order valence-electron chi connectivity index (χ1n) is 9.10. The summed E-state index contributed by atoms with van der Waals surface area (Å²) in [6.07, 6.45) is 0. The fourth-order valence-corrected chi connectivity index (χ4v) is 4.14. The summed E-state index contributed by atoms with van der Waals surface area (Å²) in [6.45, 7) is 7.22. The summed E-state index contributed by atoms with van der Waals surface area (Å²) in [4.78, 5) is 12.8. The molecule has 0 atom stereocenters. The molecule has 4 aromatic rings. The lowest BCUT2D eigenvalue weighted by atomic mass is 10.0. The lowest BCUT2D eigenvalue weighted by Crippen LogP contribution is -2.13. The van der Waals surface area contributed by atoms with Gasteiger partial charge in [0.2, 0.25) is 0 Å². The molecule has 4 heteroatoms. The molecule has 0 saturated carbocycles. The van der Waals surface area contributed by atoms with Gasteiger partial charge in [-0.3, -0.25) is 4.79 Å². The summed E-state index contributed by atoms with van der Waals surface area (Å²) in [7, 11) is 0. The number of hydrogen-bond acceptors (Lipinski definition) is 1. The van der Waals surface area contributed by atoms with Crippen molar-refractivity contribution in [1.29, 1.82) is 0 Å². The highest BCUT2D eigenvalue weighted by Gasteiger charge is 2.18. The Balaban J connectivity index is 1.91. The predicted molar refractivity (Wildman–Crippen MR) is 114 cm³/mol. The number of fused-ring (bicyclic) bond motifs is 3. The van der Waals surface area contributed by atoms with Gasteiger partial charge < -0.3 is 9.88 Å². The first-order chi connectivity index (χ1) is 13.0. The van der Waals surface area contributed by atoms with Crippen LogP contribution in [0.5, 0.6) is 0 Å². The lowest BCUT2D eigenvalue weighted by Gasteiger charge is -2.14. The normalized spacial score (nSPS) is 11.3. The molecule has 1 amide bonds. The summed E-state index contributed by atoms with van der Waals surface area (Å²) in [5.74, 6) is -0.193. The maximum Gasteiger partial charge on any atom is 0.257 e. The number of halogens is 1. The Kier molecular flexibility index (Phi) is 4.40. The molecule has 3 nitrogen and oxygen atoms in total. The Morgan fingerprint density at radius 1 is 1.07 bits per heavy atom. The third kappa shape index (κ3) is 2.79. The van der Waals surface area contributed by atoms with Gasteiger partial charge in [-0.05, 0) is 56.2 Å². The molecular weight excluding hydrogens is 356 g/mol. The number of nitrogens with one attached hydrogen (secondary N) is 1. The van der Waals surface area contributed by atoms with Crippen LogP contribution in [-0.4, -0.2) is 10.5 Å².